The maximum Gasteiger partial charge on any atom is 0.387 e. The lowest BCUT2D eigenvalue weighted by atomic mass is 9.99. The minimum Gasteiger partial charge on any atom is -0.493 e. The maximum atomic E-state index is 14.5. The molecular weight excluding hydrogens is 571 g/mol. The number of fused-ring (bicyclic) bond motifs is 5. The molecule has 3 aromatic carbocycles. The SMILES string of the molecule is COc1ccc2cc1OCC(=O)NCc1cc(F)cc(c1)O[C@@H]1CCN(C(=O)c3ccc(OC(F)F)cc3)C[C@@H]1NC2=O. The second kappa shape index (κ2) is 12.9. The number of amides is 3. The second-order valence-electron chi connectivity index (χ2n) is 9.91. The van der Waals surface area contributed by atoms with Crippen LogP contribution in [0.15, 0.2) is 60.7 Å². The summed E-state index contributed by atoms with van der Waals surface area (Å²) in [5, 5.41) is 5.58. The predicted molar refractivity (Wildman–Crippen MR) is 146 cm³/mol. The Hall–Kier alpha value is -4.94. The summed E-state index contributed by atoms with van der Waals surface area (Å²) in [6, 6.07) is 13.1. The van der Waals surface area contributed by atoms with Crippen molar-refractivity contribution in [3.05, 3.63) is 83.2 Å². The standard InChI is InChI=1S/C30H28F3N3O7/c1-40-25-7-4-19-12-26(25)41-16-27(37)34-14-17-10-20(31)13-22(11-17)42-24-8-9-36(15-23(24)35-28(19)38)29(39)18-2-5-21(6-3-18)43-30(32)33/h2-7,10-13,23-24,30H,8-9,14-16H2,1H3,(H,34,37)(H,35,38)/t23-,24+/m0/s1. The van der Waals surface area contributed by atoms with Gasteiger partial charge in [0, 0.05) is 43.2 Å². The molecule has 10 nitrogen and oxygen atoms in total. The minimum absolute atomic E-state index is 0.0156. The third kappa shape index (κ3) is 7.29. The third-order valence-corrected chi connectivity index (χ3v) is 6.97. The van der Waals surface area contributed by atoms with Crippen LogP contribution in [-0.4, -0.2) is 68.2 Å². The number of likely N-dealkylation sites (tertiary alicyclic amines) is 1. The van der Waals surface area contributed by atoms with Crippen LogP contribution in [0.25, 0.3) is 0 Å². The lowest BCUT2D eigenvalue weighted by molar-refractivity contribution is -0.123. The summed E-state index contributed by atoms with van der Waals surface area (Å²) in [6.45, 7) is -3.07. The van der Waals surface area contributed by atoms with E-state index in [0.717, 1.165) is 0 Å². The highest BCUT2D eigenvalue weighted by Gasteiger charge is 2.35. The van der Waals surface area contributed by atoms with Gasteiger partial charge in [-0.15, -0.1) is 0 Å². The van der Waals surface area contributed by atoms with Crippen LogP contribution in [0.2, 0.25) is 0 Å². The van der Waals surface area contributed by atoms with Gasteiger partial charge in [0.05, 0.1) is 13.2 Å². The van der Waals surface area contributed by atoms with E-state index in [-0.39, 0.29) is 66.9 Å². The number of benzene rings is 3. The number of nitrogens with zero attached hydrogens (tertiary/aromatic N) is 1. The van der Waals surface area contributed by atoms with E-state index >= 15 is 0 Å². The number of halogens is 3. The van der Waals surface area contributed by atoms with Crippen molar-refractivity contribution in [2.75, 3.05) is 26.8 Å². The van der Waals surface area contributed by atoms with E-state index in [9.17, 15) is 27.6 Å². The van der Waals surface area contributed by atoms with Crippen molar-refractivity contribution in [1.29, 1.82) is 0 Å². The molecule has 5 rings (SSSR count). The van der Waals surface area contributed by atoms with Crippen LogP contribution in [0.3, 0.4) is 0 Å². The van der Waals surface area contributed by atoms with Crippen molar-refractivity contribution in [2.24, 2.45) is 0 Å². The van der Waals surface area contributed by atoms with Crippen molar-refractivity contribution in [3.63, 3.8) is 0 Å². The Labute approximate surface area is 244 Å². The van der Waals surface area contributed by atoms with Crippen LogP contribution >= 0.6 is 0 Å². The smallest absolute Gasteiger partial charge is 0.387 e. The number of piperidine rings is 1. The first-order chi connectivity index (χ1) is 20.7. The van der Waals surface area contributed by atoms with Crippen LogP contribution < -0.4 is 29.6 Å². The first-order valence-electron chi connectivity index (χ1n) is 13.4. The minimum atomic E-state index is -2.99. The summed E-state index contributed by atoms with van der Waals surface area (Å²) < 4.78 is 61.0. The number of methoxy groups -OCH3 is 1. The van der Waals surface area contributed by atoms with Gasteiger partial charge in [-0.2, -0.15) is 8.78 Å². The summed E-state index contributed by atoms with van der Waals surface area (Å²) in [5.41, 5.74) is 0.893. The summed E-state index contributed by atoms with van der Waals surface area (Å²) in [4.78, 5) is 40.6. The molecule has 43 heavy (non-hydrogen) atoms. The topological polar surface area (TPSA) is 115 Å². The average Bonchev–Trinajstić information content (AvgIpc) is 2.98. The largest absolute Gasteiger partial charge is 0.493 e. The molecule has 3 amide bonds. The zero-order valence-electron chi connectivity index (χ0n) is 23.0. The van der Waals surface area contributed by atoms with Gasteiger partial charge >= 0.3 is 6.61 Å². The molecule has 0 radical (unpaired) electrons. The third-order valence-electron chi connectivity index (χ3n) is 6.97. The van der Waals surface area contributed by atoms with Gasteiger partial charge in [0.25, 0.3) is 17.7 Å². The van der Waals surface area contributed by atoms with Gasteiger partial charge in [-0.1, -0.05) is 0 Å². The van der Waals surface area contributed by atoms with Crippen molar-refractivity contribution >= 4 is 17.7 Å². The molecule has 2 atom stereocenters. The first kappa shape index (κ1) is 29.5. The summed E-state index contributed by atoms with van der Waals surface area (Å²) in [7, 11) is 1.42. The van der Waals surface area contributed by atoms with Gasteiger partial charge in [-0.05, 0) is 60.2 Å². The number of ether oxygens (including phenoxy) is 4. The molecule has 0 aromatic heterocycles. The fraction of sp³-hybridized carbons (Fsp3) is 0.300. The Balaban J connectivity index is 1.43. The molecule has 2 heterocycles. The van der Waals surface area contributed by atoms with E-state index in [2.05, 4.69) is 15.4 Å². The number of alkyl halides is 2. The van der Waals surface area contributed by atoms with E-state index in [1.54, 1.807) is 6.07 Å². The highest BCUT2D eigenvalue weighted by atomic mass is 19.3. The van der Waals surface area contributed by atoms with Crippen molar-refractivity contribution in [2.45, 2.75) is 31.7 Å². The lowest BCUT2D eigenvalue weighted by Crippen LogP contribution is -2.58. The molecule has 0 unspecified atom stereocenters. The normalized spacial score (nSPS) is 18.9. The number of carbonyl (C=O) groups is 3. The van der Waals surface area contributed by atoms with Crippen LogP contribution in [0.1, 0.15) is 32.7 Å². The summed E-state index contributed by atoms with van der Waals surface area (Å²) in [6.07, 6.45) is -0.371. The number of carbonyl (C=O) groups excluding carboxylic acids is 3. The molecule has 13 heteroatoms. The molecule has 1 saturated heterocycles. The Kier molecular flexibility index (Phi) is 8.88. The summed E-state index contributed by atoms with van der Waals surface area (Å²) >= 11 is 0. The molecule has 2 aliphatic heterocycles. The molecule has 1 fully saturated rings. The van der Waals surface area contributed by atoms with Crippen molar-refractivity contribution < 1.29 is 46.5 Å². The summed E-state index contributed by atoms with van der Waals surface area (Å²) in [5.74, 6) is -1.36. The molecule has 0 spiro atoms. The Morgan fingerprint density at radius 1 is 1.07 bits per heavy atom. The fourth-order valence-electron chi connectivity index (χ4n) is 4.90. The lowest BCUT2D eigenvalue weighted by Gasteiger charge is -2.39. The first-order valence-corrected chi connectivity index (χ1v) is 13.4. The molecular formula is C30H28F3N3O7. The number of nitrogens with one attached hydrogen (secondary N) is 2. The second-order valence-corrected chi connectivity index (χ2v) is 9.91. The van der Waals surface area contributed by atoms with E-state index in [0.29, 0.717) is 11.3 Å². The Morgan fingerprint density at radius 2 is 1.86 bits per heavy atom. The molecule has 226 valence electrons. The van der Waals surface area contributed by atoms with Gasteiger partial charge in [0.2, 0.25) is 0 Å². The predicted octanol–water partition coefficient (Wildman–Crippen LogP) is 3.54. The molecule has 2 aliphatic rings. The maximum absolute atomic E-state index is 14.5. The monoisotopic (exact) mass is 599 g/mol. The molecule has 2 N–H and O–H groups in total. The van der Waals surface area contributed by atoms with Gasteiger partial charge in [0.1, 0.15) is 23.4 Å². The highest BCUT2D eigenvalue weighted by molar-refractivity contribution is 5.96. The fourth-order valence-corrected chi connectivity index (χ4v) is 4.90. The van der Waals surface area contributed by atoms with Gasteiger partial charge in [-0.3, -0.25) is 14.4 Å². The number of hydrogen-bond acceptors (Lipinski definition) is 7. The van der Waals surface area contributed by atoms with Crippen LogP contribution in [0, 0.1) is 5.82 Å². The molecule has 0 saturated carbocycles. The van der Waals surface area contributed by atoms with Gasteiger partial charge in [0.15, 0.2) is 18.1 Å². The van der Waals surface area contributed by atoms with E-state index in [4.69, 9.17) is 14.2 Å². The van der Waals surface area contributed by atoms with Crippen LogP contribution in [0.4, 0.5) is 13.2 Å². The molecule has 4 bridgehead atoms. The highest BCUT2D eigenvalue weighted by Crippen LogP contribution is 2.29. The zero-order valence-corrected chi connectivity index (χ0v) is 23.0. The number of rotatable bonds is 4. The van der Waals surface area contributed by atoms with Gasteiger partial charge in [-0.25, -0.2) is 4.39 Å². The van der Waals surface area contributed by atoms with Crippen LogP contribution in [0.5, 0.6) is 23.0 Å². The van der Waals surface area contributed by atoms with E-state index < -0.39 is 36.4 Å². The van der Waals surface area contributed by atoms with E-state index in [1.165, 1.54) is 66.6 Å². The zero-order chi connectivity index (χ0) is 30.5. The van der Waals surface area contributed by atoms with E-state index in [1.807, 2.05) is 0 Å². The average molecular weight is 600 g/mol. The van der Waals surface area contributed by atoms with Crippen molar-refractivity contribution in [3.8, 4) is 23.0 Å². The Bertz CT molecular complexity index is 1500. The van der Waals surface area contributed by atoms with Crippen molar-refractivity contribution in [1.82, 2.24) is 15.5 Å². The molecule has 0 aliphatic carbocycles. The van der Waals surface area contributed by atoms with Gasteiger partial charge < -0.3 is 34.5 Å². The molecule has 3 aromatic rings. The van der Waals surface area contributed by atoms with Crippen LogP contribution in [-0.2, 0) is 11.3 Å². The Morgan fingerprint density at radius 3 is 2.60 bits per heavy atom. The number of hydrogen-bond donors (Lipinski definition) is 2. The quantitative estimate of drug-likeness (QED) is 0.472.